The third-order valence-corrected chi connectivity index (χ3v) is 5.26. The maximum atomic E-state index is 12.5. The minimum atomic E-state index is -0.122. The second-order valence-corrected chi connectivity index (χ2v) is 7.16. The second kappa shape index (κ2) is 7.92. The molecular weight excluding hydrogens is 344 g/mol. The molecule has 0 atom stereocenters. The monoisotopic (exact) mass is 362 g/mol. The number of amides is 2. The molecule has 0 N–H and O–H groups in total. The molecule has 0 aromatic heterocycles. The molecule has 2 saturated heterocycles. The fourth-order valence-corrected chi connectivity index (χ4v) is 3.88. The van der Waals surface area contributed by atoms with Crippen LogP contribution in [0.1, 0.15) is 12.0 Å². The summed E-state index contributed by atoms with van der Waals surface area (Å²) in [5.41, 5.74) is 0.961. The Morgan fingerprint density at radius 1 is 1.25 bits per heavy atom. The molecule has 2 heterocycles. The van der Waals surface area contributed by atoms with Crippen molar-refractivity contribution in [3.63, 3.8) is 0 Å². The molecule has 2 aliphatic heterocycles. The van der Waals surface area contributed by atoms with Crippen molar-refractivity contribution in [2.24, 2.45) is 0 Å². The minimum Gasteiger partial charge on any atom is -0.378 e. The zero-order valence-electron chi connectivity index (χ0n) is 13.1. The molecule has 1 aromatic carbocycles. The molecule has 0 unspecified atom stereocenters. The van der Waals surface area contributed by atoms with Crippen molar-refractivity contribution < 1.29 is 14.3 Å². The molecule has 0 bridgehead atoms. The lowest BCUT2D eigenvalue weighted by Gasteiger charge is -2.27. The van der Waals surface area contributed by atoms with Crippen LogP contribution in [0.3, 0.4) is 0 Å². The Morgan fingerprint density at radius 2 is 1.96 bits per heavy atom. The van der Waals surface area contributed by atoms with Crippen LogP contribution >= 0.6 is 24.0 Å². The number of hydrogen-bond acceptors (Lipinski definition) is 5. The topological polar surface area (TPSA) is 49.9 Å². The Labute approximate surface area is 150 Å². The van der Waals surface area contributed by atoms with Gasteiger partial charge in [-0.05, 0) is 11.6 Å². The lowest BCUT2D eigenvalue weighted by atomic mass is 10.2. The average Bonchev–Trinajstić information content (AvgIpc) is 2.88. The van der Waals surface area contributed by atoms with Gasteiger partial charge in [0.2, 0.25) is 5.91 Å². The molecule has 3 rings (SSSR count). The maximum Gasteiger partial charge on any atom is 0.266 e. The Balaban J connectivity index is 1.60. The number of ether oxygens (including phenoxy) is 1. The maximum absolute atomic E-state index is 12.5. The minimum absolute atomic E-state index is 0.0411. The van der Waals surface area contributed by atoms with E-state index >= 15 is 0 Å². The molecule has 0 aliphatic carbocycles. The molecule has 0 radical (unpaired) electrons. The van der Waals surface area contributed by atoms with Crippen molar-refractivity contribution in [3.05, 3.63) is 40.8 Å². The molecular formula is C17H18N2O3S2. The third kappa shape index (κ3) is 4.03. The van der Waals surface area contributed by atoms with Gasteiger partial charge in [-0.15, -0.1) is 0 Å². The highest BCUT2D eigenvalue weighted by Crippen LogP contribution is 2.32. The molecule has 0 saturated carbocycles. The highest BCUT2D eigenvalue weighted by atomic mass is 32.2. The van der Waals surface area contributed by atoms with Crippen LogP contribution in [-0.2, 0) is 14.3 Å². The lowest BCUT2D eigenvalue weighted by Crippen LogP contribution is -2.42. The van der Waals surface area contributed by atoms with Gasteiger partial charge in [-0.25, -0.2) is 0 Å². The van der Waals surface area contributed by atoms with Crippen molar-refractivity contribution in [1.82, 2.24) is 9.80 Å². The van der Waals surface area contributed by atoms with Crippen LogP contribution in [0, 0.1) is 0 Å². The summed E-state index contributed by atoms with van der Waals surface area (Å²) in [6.45, 7) is 2.71. The second-order valence-electron chi connectivity index (χ2n) is 5.49. The van der Waals surface area contributed by atoms with E-state index in [1.807, 2.05) is 36.4 Å². The number of rotatable bonds is 4. The summed E-state index contributed by atoms with van der Waals surface area (Å²) in [6.07, 6.45) is 2.12. The van der Waals surface area contributed by atoms with Crippen LogP contribution in [0.2, 0.25) is 0 Å². The fourth-order valence-electron chi connectivity index (χ4n) is 2.57. The van der Waals surface area contributed by atoms with E-state index in [1.54, 1.807) is 4.90 Å². The summed E-state index contributed by atoms with van der Waals surface area (Å²) < 4.78 is 5.75. The number of nitrogens with zero attached hydrogens (tertiary/aromatic N) is 2. The van der Waals surface area contributed by atoms with Gasteiger partial charge in [-0.2, -0.15) is 0 Å². The molecule has 0 spiro atoms. The summed E-state index contributed by atoms with van der Waals surface area (Å²) in [4.78, 5) is 28.6. The first-order chi connectivity index (χ1) is 11.6. The van der Waals surface area contributed by atoms with Gasteiger partial charge in [0.05, 0.1) is 18.1 Å². The zero-order valence-corrected chi connectivity index (χ0v) is 14.8. The molecule has 2 aliphatic rings. The van der Waals surface area contributed by atoms with Crippen molar-refractivity contribution in [2.75, 3.05) is 32.8 Å². The molecule has 2 fully saturated rings. The Bertz CT molecular complexity index is 670. The SMILES string of the molecule is O=C(CCN1C(=O)C(=Cc2ccccc2)SC1=S)N1CCOCC1. The van der Waals surface area contributed by atoms with E-state index in [2.05, 4.69) is 0 Å². The largest absolute Gasteiger partial charge is 0.378 e. The van der Waals surface area contributed by atoms with Gasteiger partial charge in [-0.3, -0.25) is 14.5 Å². The molecule has 24 heavy (non-hydrogen) atoms. The summed E-state index contributed by atoms with van der Waals surface area (Å²) in [5, 5.41) is 0. The predicted molar refractivity (Wildman–Crippen MR) is 98.3 cm³/mol. The van der Waals surface area contributed by atoms with Gasteiger partial charge in [0.1, 0.15) is 4.32 Å². The number of benzene rings is 1. The first-order valence-corrected chi connectivity index (χ1v) is 9.03. The van der Waals surface area contributed by atoms with E-state index in [0.29, 0.717) is 42.1 Å². The normalized spacial score (nSPS) is 20.1. The van der Waals surface area contributed by atoms with Crippen LogP contribution in [0.15, 0.2) is 35.2 Å². The van der Waals surface area contributed by atoms with Gasteiger partial charge in [0, 0.05) is 26.1 Å². The van der Waals surface area contributed by atoms with Gasteiger partial charge in [0.15, 0.2) is 0 Å². The highest BCUT2D eigenvalue weighted by Gasteiger charge is 2.32. The van der Waals surface area contributed by atoms with E-state index in [0.717, 1.165) is 5.56 Å². The van der Waals surface area contributed by atoms with E-state index in [-0.39, 0.29) is 18.2 Å². The number of morpholine rings is 1. The van der Waals surface area contributed by atoms with E-state index in [4.69, 9.17) is 17.0 Å². The van der Waals surface area contributed by atoms with Gasteiger partial charge in [-0.1, -0.05) is 54.3 Å². The summed E-state index contributed by atoms with van der Waals surface area (Å²) in [5.74, 6) is -0.0805. The van der Waals surface area contributed by atoms with Crippen molar-refractivity contribution in [2.45, 2.75) is 6.42 Å². The van der Waals surface area contributed by atoms with Crippen molar-refractivity contribution >= 4 is 46.2 Å². The average molecular weight is 362 g/mol. The zero-order chi connectivity index (χ0) is 16.9. The van der Waals surface area contributed by atoms with E-state index in [9.17, 15) is 9.59 Å². The van der Waals surface area contributed by atoms with Crippen LogP contribution in [0.25, 0.3) is 6.08 Å². The van der Waals surface area contributed by atoms with Crippen LogP contribution in [0.5, 0.6) is 0 Å². The van der Waals surface area contributed by atoms with E-state index in [1.165, 1.54) is 16.7 Å². The first-order valence-electron chi connectivity index (χ1n) is 7.81. The Hall–Kier alpha value is -1.70. The number of hydrogen-bond donors (Lipinski definition) is 0. The smallest absolute Gasteiger partial charge is 0.266 e. The third-order valence-electron chi connectivity index (χ3n) is 3.88. The molecule has 126 valence electrons. The Morgan fingerprint density at radius 3 is 2.67 bits per heavy atom. The number of thiocarbonyl (C=S) groups is 1. The molecule has 7 heteroatoms. The van der Waals surface area contributed by atoms with Crippen LogP contribution < -0.4 is 0 Å². The summed E-state index contributed by atoms with van der Waals surface area (Å²) in [7, 11) is 0. The van der Waals surface area contributed by atoms with Crippen LogP contribution in [0.4, 0.5) is 0 Å². The predicted octanol–water partition coefficient (Wildman–Crippen LogP) is 2.14. The molecule has 5 nitrogen and oxygen atoms in total. The van der Waals surface area contributed by atoms with Crippen LogP contribution in [-0.4, -0.2) is 58.8 Å². The van der Waals surface area contributed by atoms with Crippen molar-refractivity contribution in [1.29, 1.82) is 0 Å². The molecule has 2 amide bonds. The van der Waals surface area contributed by atoms with Gasteiger partial charge in [0.25, 0.3) is 5.91 Å². The van der Waals surface area contributed by atoms with Gasteiger partial charge < -0.3 is 9.64 Å². The summed E-state index contributed by atoms with van der Waals surface area (Å²) in [6, 6.07) is 9.66. The number of thioether (sulfide) groups is 1. The highest BCUT2D eigenvalue weighted by molar-refractivity contribution is 8.26. The van der Waals surface area contributed by atoms with Gasteiger partial charge >= 0.3 is 0 Å². The van der Waals surface area contributed by atoms with Crippen molar-refractivity contribution in [3.8, 4) is 0 Å². The quantitative estimate of drug-likeness (QED) is 0.607. The first kappa shape index (κ1) is 17.1. The summed E-state index contributed by atoms with van der Waals surface area (Å²) >= 11 is 6.59. The van der Waals surface area contributed by atoms with E-state index < -0.39 is 0 Å². The number of carbonyl (C=O) groups excluding carboxylic acids is 2. The molecule has 1 aromatic rings. The number of carbonyl (C=O) groups is 2. The fraction of sp³-hybridized carbons (Fsp3) is 0.353. The lowest BCUT2D eigenvalue weighted by molar-refractivity contribution is -0.135. The standard InChI is InChI=1S/C17H18N2O3S2/c20-15(18-8-10-22-11-9-18)6-7-19-16(21)14(24-17(19)23)12-13-4-2-1-3-5-13/h1-5,12H,6-11H2. The Kier molecular flexibility index (Phi) is 5.65.